The van der Waals surface area contributed by atoms with Crippen molar-refractivity contribution in [3.05, 3.63) is 62.2 Å². The number of nitro benzene ring substituents is 1. The Balaban J connectivity index is 1.81. The first-order chi connectivity index (χ1) is 12.9. The van der Waals surface area contributed by atoms with E-state index in [1.54, 1.807) is 28.6 Å². The van der Waals surface area contributed by atoms with E-state index in [-0.39, 0.29) is 24.2 Å². The van der Waals surface area contributed by atoms with Gasteiger partial charge in [0.25, 0.3) is 5.69 Å². The normalized spacial score (nSPS) is 11.9. The minimum absolute atomic E-state index is 0.00256. The maximum Gasteiger partial charge on any atom is 0.269 e. The molecule has 1 amide bonds. The second-order valence-electron chi connectivity index (χ2n) is 5.95. The zero-order valence-corrected chi connectivity index (χ0v) is 16.3. The third kappa shape index (κ3) is 3.96. The Morgan fingerprint density at radius 1 is 1.44 bits per heavy atom. The molecule has 0 radical (unpaired) electrons. The molecule has 3 rings (SSSR count). The largest absolute Gasteiger partial charge is 0.337 e. The van der Waals surface area contributed by atoms with Crippen molar-refractivity contribution in [1.29, 1.82) is 0 Å². The highest BCUT2D eigenvalue weighted by atomic mass is 32.1. The third-order valence-electron chi connectivity index (χ3n) is 4.33. The Hall–Kier alpha value is -2.85. The van der Waals surface area contributed by atoms with E-state index in [1.165, 1.54) is 23.5 Å². The summed E-state index contributed by atoms with van der Waals surface area (Å²) in [6, 6.07) is 9.77. The Kier molecular flexibility index (Phi) is 5.47. The van der Waals surface area contributed by atoms with E-state index in [1.807, 2.05) is 24.4 Å². The molecule has 0 bridgehead atoms. The number of nitro groups is 1. The van der Waals surface area contributed by atoms with Crippen molar-refractivity contribution < 1.29 is 9.72 Å². The van der Waals surface area contributed by atoms with Gasteiger partial charge in [0.1, 0.15) is 6.54 Å². The lowest BCUT2D eigenvalue weighted by Crippen LogP contribution is -2.32. The zero-order valence-electron chi connectivity index (χ0n) is 14.7. The van der Waals surface area contributed by atoms with E-state index >= 15 is 0 Å². The molecule has 8 nitrogen and oxygen atoms in total. The van der Waals surface area contributed by atoms with Crippen LogP contribution < -0.4 is 0 Å². The molecule has 0 aliphatic heterocycles. The maximum atomic E-state index is 12.8. The number of carbonyl (C=O) groups excluding carboxylic acids is 1. The van der Waals surface area contributed by atoms with Crippen LogP contribution in [0.15, 0.2) is 41.8 Å². The predicted molar refractivity (Wildman–Crippen MR) is 105 cm³/mol. The lowest BCUT2D eigenvalue weighted by molar-refractivity contribution is -0.384. The molecule has 3 aromatic rings. The van der Waals surface area contributed by atoms with Gasteiger partial charge in [-0.25, -0.2) is 0 Å². The average molecular weight is 403 g/mol. The van der Waals surface area contributed by atoms with Gasteiger partial charge in [0, 0.05) is 19.2 Å². The number of hydrogen-bond donors (Lipinski definition) is 1. The summed E-state index contributed by atoms with van der Waals surface area (Å²) in [6.45, 7) is 1.85. The van der Waals surface area contributed by atoms with E-state index in [4.69, 9.17) is 12.2 Å². The molecule has 1 N–H and O–H groups in total. The molecule has 1 unspecified atom stereocenters. The number of nitrogens with zero attached hydrogens (tertiary/aromatic N) is 4. The fraction of sp³-hybridized carbons (Fsp3) is 0.235. The topological polar surface area (TPSA) is 97.1 Å². The first-order valence-electron chi connectivity index (χ1n) is 8.07. The number of benzene rings is 1. The van der Waals surface area contributed by atoms with E-state index in [0.717, 1.165) is 4.88 Å². The molecular formula is C17H17N5O3S2. The number of non-ortho nitro benzene ring substituents is 1. The van der Waals surface area contributed by atoms with Crippen LogP contribution in [0, 0.1) is 14.9 Å². The summed E-state index contributed by atoms with van der Waals surface area (Å²) in [4.78, 5) is 25.8. The number of hydrogen-bond acceptors (Lipinski definition) is 6. The molecule has 27 heavy (non-hydrogen) atoms. The molecular weight excluding hydrogens is 386 g/mol. The van der Waals surface area contributed by atoms with Crippen LogP contribution in [0.1, 0.15) is 18.5 Å². The van der Waals surface area contributed by atoms with Gasteiger partial charge in [-0.05, 0) is 36.2 Å². The minimum Gasteiger partial charge on any atom is -0.337 e. The Morgan fingerprint density at radius 2 is 2.22 bits per heavy atom. The van der Waals surface area contributed by atoms with Crippen molar-refractivity contribution in [2.24, 2.45) is 0 Å². The number of likely N-dealkylation sites (N-methyl/N-ethyl adjacent to an activating group) is 1. The van der Waals surface area contributed by atoms with Gasteiger partial charge in [0.15, 0.2) is 10.6 Å². The molecule has 1 atom stereocenters. The SMILES string of the molecule is CC(c1cccc([N+](=O)[O-])c1)N(C)C(=O)Cn1c(-c2cccs2)n[nH]c1=S. The standard InChI is InChI=1S/C17H17N5O3S2/c1-11(12-5-3-6-13(9-12)22(24)25)20(2)15(23)10-21-16(18-19-17(21)26)14-7-4-8-27-14/h3-9,11H,10H2,1-2H3,(H,19,26). The van der Waals surface area contributed by atoms with Crippen LogP contribution in [-0.2, 0) is 11.3 Å². The summed E-state index contributed by atoms with van der Waals surface area (Å²) < 4.78 is 2.02. The minimum atomic E-state index is -0.448. The number of H-pyrrole nitrogens is 1. The van der Waals surface area contributed by atoms with Gasteiger partial charge in [0.2, 0.25) is 5.91 Å². The number of thiophene rings is 1. The highest BCUT2D eigenvalue weighted by molar-refractivity contribution is 7.71. The van der Waals surface area contributed by atoms with Crippen molar-refractivity contribution in [2.45, 2.75) is 19.5 Å². The smallest absolute Gasteiger partial charge is 0.269 e. The van der Waals surface area contributed by atoms with Crippen LogP contribution in [0.5, 0.6) is 0 Å². The Morgan fingerprint density at radius 3 is 2.89 bits per heavy atom. The summed E-state index contributed by atoms with van der Waals surface area (Å²) in [5, 5.41) is 19.8. The van der Waals surface area contributed by atoms with Crippen LogP contribution in [-0.4, -0.2) is 37.5 Å². The van der Waals surface area contributed by atoms with Gasteiger partial charge in [-0.3, -0.25) is 24.6 Å². The first-order valence-corrected chi connectivity index (χ1v) is 9.36. The molecule has 0 saturated carbocycles. The van der Waals surface area contributed by atoms with Gasteiger partial charge in [0.05, 0.1) is 15.8 Å². The molecule has 0 fully saturated rings. The van der Waals surface area contributed by atoms with Crippen molar-refractivity contribution >= 4 is 35.1 Å². The molecule has 0 aliphatic carbocycles. The molecule has 140 valence electrons. The number of aromatic amines is 1. The fourth-order valence-corrected chi connectivity index (χ4v) is 3.56. The number of rotatable bonds is 6. The molecule has 1 aromatic carbocycles. The Bertz CT molecular complexity index is 1030. The van der Waals surface area contributed by atoms with E-state index in [9.17, 15) is 14.9 Å². The van der Waals surface area contributed by atoms with Crippen LogP contribution >= 0.6 is 23.6 Å². The number of aromatic nitrogens is 3. The predicted octanol–water partition coefficient (Wildman–Crippen LogP) is 3.80. The second kappa shape index (κ2) is 7.80. The van der Waals surface area contributed by atoms with Crippen LogP contribution in [0.4, 0.5) is 5.69 Å². The number of carbonyl (C=O) groups is 1. The van der Waals surface area contributed by atoms with Gasteiger partial charge in [-0.2, -0.15) is 5.10 Å². The fourth-order valence-electron chi connectivity index (χ4n) is 2.64. The maximum absolute atomic E-state index is 12.8. The third-order valence-corrected chi connectivity index (χ3v) is 5.51. The molecule has 0 spiro atoms. The first kappa shape index (κ1) is 18.9. The van der Waals surface area contributed by atoms with E-state index in [0.29, 0.717) is 16.2 Å². The highest BCUT2D eigenvalue weighted by Gasteiger charge is 2.21. The number of nitrogens with one attached hydrogen (secondary N) is 1. The Labute approximate surface area is 164 Å². The molecule has 2 aromatic heterocycles. The van der Waals surface area contributed by atoms with Gasteiger partial charge >= 0.3 is 0 Å². The van der Waals surface area contributed by atoms with Crippen molar-refractivity contribution in [2.75, 3.05) is 7.05 Å². The lowest BCUT2D eigenvalue weighted by Gasteiger charge is -2.25. The monoisotopic (exact) mass is 403 g/mol. The number of amides is 1. The molecule has 2 heterocycles. The van der Waals surface area contributed by atoms with Crippen LogP contribution in [0.3, 0.4) is 0 Å². The van der Waals surface area contributed by atoms with Gasteiger partial charge in [-0.15, -0.1) is 11.3 Å². The summed E-state index contributed by atoms with van der Waals surface area (Å²) in [5.41, 5.74) is 0.687. The summed E-state index contributed by atoms with van der Waals surface area (Å²) in [5.74, 6) is 0.434. The lowest BCUT2D eigenvalue weighted by atomic mass is 10.1. The van der Waals surface area contributed by atoms with Crippen molar-refractivity contribution in [1.82, 2.24) is 19.7 Å². The quantitative estimate of drug-likeness (QED) is 0.384. The molecule has 10 heteroatoms. The summed E-state index contributed by atoms with van der Waals surface area (Å²) >= 11 is 6.77. The molecule has 0 saturated heterocycles. The molecule has 0 aliphatic rings. The van der Waals surface area contributed by atoms with Gasteiger partial charge in [-0.1, -0.05) is 18.2 Å². The van der Waals surface area contributed by atoms with Crippen LogP contribution in [0.2, 0.25) is 0 Å². The van der Waals surface area contributed by atoms with E-state index < -0.39 is 4.92 Å². The van der Waals surface area contributed by atoms with Crippen molar-refractivity contribution in [3.63, 3.8) is 0 Å². The van der Waals surface area contributed by atoms with Crippen LogP contribution in [0.25, 0.3) is 10.7 Å². The highest BCUT2D eigenvalue weighted by Crippen LogP contribution is 2.25. The second-order valence-corrected chi connectivity index (χ2v) is 7.28. The summed E-state index contributed by atoms with van der Waals surface area (Å²) in [6.07, 6.45) is 0. The zero-order chi connectivity index (χ0) is 19.6. The van der Waals surface area contributed by atoms with E-state index in [2.05, 4.69) is 10.2 Å². The van der Waals surface area contributed by atoms with Crippen molar-refractivity contribution in [3.8, 4) is 10.7 Å². The van der Waals surface area contributed by atoms with Gasteiger partial charge < -0.3 is 4.90 Å². The average Bonchev–Trinajstić information content (AvgIpc) is 3.31. The summed E-state index contributed by atoms with van der Waals surface area (Å²) in [7, 11) is 1.67.